The van der Waals surface area contributed by atoms with Crippen LogP contribution in [0.2, 0.25) is 10.0 Å². The van der Waals surface area contributed by atoms with Crippen molar-refractivity contribution in [2.75, 3.05) is 7.11 Å². The van der Waals surface area contributed by atoms with Gasteiger partial charge in [-0.1, -0.05) is 59.6 Å². The maximum Gasteiger partial charge on any atom is 0.264 e. The Morgan fingerprint density at radius 1 is 1.09 bits per heavy atom. The predicted octanol–water partition coefficient (Wildman–Crippen LogP) is 6.51. The summed E-state index contributed by atoms with van der Waals surface area (Å²) < 4.78 is 12.0. The van der Waals surface area contributed by atoms with Crippen molar-refractivity contribution in [1.82, 2.24) is 5.43 Å². The summed E-state index contributed by atoms with van der Waals surface area (Å²) in [4.78, 5) is 12.0. The summed E-state index contributed by atoms with van der Waals surface area (Å²) in [5.41, 5.74) is 4.75. The number of hydrogen-bond acceptors (Lipinski definition) is 4. The summed E-state index contributed by atoms with van der Waals surface area (Å²) in [6.07, 6.45) is 4.49. The van der Waals surface area contributed by atoms with Crippen LogP contribution in [0.3, 0.4) is 0 Å². The molecule has 0 heterocycles. The normalized spacial score (nSPS) is 11.1. The molecular weight excluding hydrogens is 515 g/mol. The van der Waals surface area contributed by atoms with Crippen molar-refractivity contribution >= 4 is 57.3 Å². The van der Waals surface area contributed by atoms with Crippen molar-refractivity contribution in [2.24, 2.45) is 5.10 Å². The summed E-state index contributed by atoms with van der Waals surface area (Å²) in [5, 5.41) is 5.18. The van der Waals surface area contributed by atoms with Crippen molar-refractivity contribution in [3.63, 3.8) is 0 Å². The largest absolute Gasteiger partial charge is 0.493 e. The summed E-state index contributed by atoms with van der Waals surface area (Å²) in [6.45, 7) is 0.288. The summed E-state index contributed by atoms with van der Waals surface area (Å²) >= 11 is 15.8. The third kappa shape index (κ3) is 6.60. The molecule has 0 fully saturated rings. The molecule has 1 amide bonds. The van der Waals surface area contributed by atoms with Gasteiger partial charge in [0.2, 0.25) is 0 Å². The van der Waals surface area contributed by atoms with Crippen LogP contribution in [0.1, 0.15) is 16.7 Å². The van der Waals surface area contributed by atoms with Crippen molar-refractivity contribution in [3.05, 3.63) is 97.9 Å². The number of amides is 1. The topological polar surface area (TPSA) is 59.9 Å². The highest BCUT2D eigenvalue weighted by atomic mass is 79.9. The molecule has 0 unspecified atom stereocenters. The molecule has 0 aliphatic heterocycles. The number of methoxy groups -OCH3 is 1. The first kappa shape index (κ1) is 23.9. The molecule has 0 aliphatic carbocycles. The van der Waals surface area contributed by atoms with E-state index in [9.17, 15) is 4.79 Å². The number of nitrogens with zero attached hydrogens (tertiary/aromatic N) is 1. The van der Waals surface area contributed by atoms with E-state index in [0.29, 0.717) is 31.6 Å². The fourth-order valence-electron chi connectivity index (χ4n) is 2.70. The minimum absolute atomic E-state index is 0.288. The molecule has 8 heteroatoms. The predicted molar refractivity (Wildman–Crippen MR) is 133 cm³/mol. The van der Waals surface area contributed by atoms with Gasteiger partial charge in [0.05, 0.1) is 17.8 Å². The second-order valence-electron chi connectivity index (χ2n) is 6.50. The molecule has 3 rings (SSSR count). The van der Waals surface area contributed by atoms with Gasteiger partial charge in [-0.3, -0.25) is 4.79 Å². The average Bonchev–Trinajstić information content (AvgIpc) is 2.78. The molecule has 0 bridgehead atoms. The van der Waals surface area contributed by atoms with Crippen LogP contribution in [-0.2, 0) is 11.4 Å². The van der Waals surface area contributed by atoms with Crippen LogP contribution in [0.25, 0.3) is 6.08 Å². The lowest BCUT2D eigenvalue weighted by molar-refractivity contribution is -0.116. The van der Waals surface area contributed by atoms with E-state index in [1.807, 2.05) is 42.5 Å². The molecule has 164 valence electrons. The minimum Gasteiger partial charge on any atom is -0.493 e. The average molecular weight is 534 g/mol. The van der Waals surface area contributed by atoms with Crippen LogP contribution in [0.5, 0.6) is 11.5 Å². The zero-order valence-electron chi connectivity index (χ0n) is 17.0. The van der Waals surface area contributed by atoms with E-state index < -0.39 is 0 Å². The molecule has 3 aromatic rings. The highest BCUT2D eigenvalue weighted by Crippen LogP contribution is 2.37. The van der Waals surface area contributed by atoms with Gasteiger partial charge >= 0.3 is 0 Å². The zero-order valence-corrected chi connectivity index (χ0v) is 20.1. The lowest BCUT2D eigenvalue weighted by atomic mass is 10.2. The number of nitrogens with one attached hydrogen (secondary N) is 1. The van der Waals surface area contributed by atoms with Gasteiger partial charge in [0, 0.05) is 21.7 Å². The van der Waals surface area contributed by atoms with Crippen LogP contribution in [0.15, 0.2) is 76.3 Å². The molecular formula is C24H19BrCl2N2O3. The Hall–Kier alpha value is -2.80. The second kappa shape index (κ2) is 11.7. The van der Waals surface area contributed by atoms with Gasteiger partial charge in [0.1, 0.15) is 6.61 Å². The Balaban J connectivity index is 1.65. The lowest BCUT2D eigenvalue weighted by Crippen LogP contribution is -2.14. The molecule has 0 aliphatic rings. The molecule has 0 saturated carbocycles. The van der Waals surface area contributed by atoms with Gasteiger partial charge in [-0.2, -0.15) is 5.10 Å². The van der Waals surface area contributed by atoms with E-state index in [1.165, 1.54) is 12.3 Å². The second-order valence-corrected chi connectivity index (χ2v) is 8.17. The van der Waals surface area contributed by atoms with Gasteiger partial charge in [0.15, 0.2) is 11.5 Å². The van der Waals surface area contributed by atoms with E-state index in [1.54, 1.807) is 31.4 Å². The summed E-state index contributed by atoms with van der Waals surface area (Å²) in [6, 6.07) is 18.3. The molecule has 3 aromatic carbocycles. The first-order valence-corrected chi connectivity index (χ1v) is 11.0. The van der Waals surface area contributed by atoms with Crippen LogP contribution in [0.4, 0.5) is 0 Å². The third-order valence-electron chi connectivity index (χ3n) is 4.29. The Bertz CT molecular complexity index is 1170. The van der Waals surface area contributed by atoms with E-state index in [0.717, 1.165) is 11.1 Å². The standard InChI is InChI=1S/C24H19BrCl2N2O3/c1-31-22-13-16(12-19(25)24(22)32-15-18-7-3-5-9-21(18)27)14-28-29-23(30)11-10-17-6-2-4-8-20(17)26/h2-14H,15H2,1H3,(H,29,30)/b11-10+,28-14-. The fraction of sp³-hybridized carbons (Fsp3) is 0.0833. The fourth-order valence-corrected chi connectivity index (χ4v) is 3.67. The number of ether oxygens (including phenoxy) is 2. The summed E-state index contributed by atoms with van der Waals surface area (Å²) in [7, 11) is 1.55. The first-order valence-electron chi connectivity index (χ1n) is 9.47. The van der Waals surface area contributed by atoms with Gasteiger partial charge in [-0.25, -0.2) is 5.43 Å². The number of carbonyl (C=O) groups excluding carboxylic acids is 1. The Morgan fingerprint density at radius 3 is 2.53 bits per heavy atom. The molecule has 0 aromatic heterocycles. The van der Waals surface area contributed by atoms with Gasteiger partial charge in [0.25, 0.3) is 5.91 Å². The van der Waals surface area contributed by atoms with Crippen molar-refractivity contribution in [1.29, 1.82) is 0 Å². The van der Waals surface area contributed by atoms with Crippen LogP contribution >= 0.6 is 39.1 Å². The summed E-state index contributed by atoms with van der Waals surface area (Å²) in [5.74, 6) is 0.668. The van der Waals surface area contributed by atoms with Crippen molar-refractivity contribution in [3.8, 4) is 11.5 Å². The zero-order chi connectivity index (χ0) is 22.9. The van der Waals surface area contributed by atoms with Crippen LogP contribution in [-0.4, -0.2) is 19.2 Å². The molecule has 0 spiro atoms. The number of benzene rings is 3. The van der Waals surface area contributed by atoms with E-state index >= 15 is 0 Å². The Morgan fingerprint density at radius 2 is 1.81 bits per heavy atom. The van der Waals surface area contributed by atoms with Crippen molar-refractivity contribution in [2.45, 2.75) is 6.61 Å². The quantitative estimate of drug-likeness (QED) is 0.204. The molecule has 5 nitrogen and oxygen atoms in total. The SMILES string of the molecule is COc1cc(/C=N\NC(=O)/C=C/c2ccccc2Cl)cc(Br)c1OCc1ccccc1Cl. The smallest absolute Gasteiger partial charge is 0.264 e. The van der Waals surface area contributed by atoms with Crippen LogP contribution in [0, 0.1) is 0 Å². The van der Waals surface area contributed by atoms with E-state index in [2.05, 4.69) is 26.5 Å². The van der Waals surface area contributed by atoms with E-state index in [-0.39, 0.29) is 12.5 Å². The number of rotatable bonds is 8. The maximum absolute atomic E-state index is 12.0. The van der Waals surface area contributed by atoms with Crippen molar-refractivity contribution < 1.29 is 14.3 Å². The highest BCUT2D eigenvalue weighted by Gasteiger charge is 2.12. The highest BCUT2D eigenvalue weighted by molar-refractivity contribution is 9.10. The molecule has 0 radical (unpaired) electrons. The number of hydrogen-bond donors (Lipinski definition) is 1. The minimum atomic E-state index is -0.383. The number of carbonyl (C=O) groups is 1. The van der Waals surface area contributed by atoms with Gasteiger partial charge < -0.3 is 9.47 Å². The first-order chi connectivity index (χ1) is 15.5. The van der Waals surface area contributed by atoms with Crippen LogP contribution < -0.4 is 14.9 Å². The Labute approximate surface area is 204 Å². The molecule has 0 atom stereocenters. The van der Waals surface area contributed by atoms with E-state index in [4.69, 9.17) is 32.7 Å². The number of hydrazone groups is 1. The number of halogens is 3. The Kier molecular flexibility index (Phi) is 8.73. The third-order valence-corrected chi connectivity index (χ3v) is 5.59. The lowest BCUT2D eigenvalue weighted by Gasteiger charge is -2.14. The van der Waals surface area contributed by atoms with Gasteiger partial charge in [-0.15, -0.1) is 0 Å². The molecule has 1 N–H and O–H groups in total. The maximum atomic E-state index is 12.0. The van der Waals surface area contributed by atoms with Gasteiger partial charge in [-0.05, 0) is 57.4 Å². The molecule has 32 heavy (non-hydrogen) atoms. The molecule has 0 saturated heterocycles. The monoisotopic (exact) mass is 532 g/mol.